The predicted molar refractivity (Wildman–Crippen MR) is 205 cm³/mol. The van der Waals surface area contributed by atoms with E-state index in [4.69, 9.17) is 15.0 Å². The predicted octanol–water partition coefficient (Wildman–Crippen LogP) is 12.2. The lowest BCUT2D eigenvalue weighted by atomic mass is 9.98. The van der Waals surface area contributed by atoms with Crippen LogP contribution in [-0.4, -0.2) is 15.0 Å². The van der Waals surface area contributed by atoms with Crippen LogP contribution in [-0.2, 0) is 0 Å². The first kappa shape index (κ1) is 29.0. The Labute approximate surface area is 288 Å². The highest BCUT2D eigenvalue weighted by atomic mass is 32.1. The van der Waals surface area contributed by atoms with Crippen molar-refractivity contribution in [1.29, 1.82) is 0 Å². The van der Waals surface area contributed by atoms with Gasteiger partial charge in [-0.2, -0.15) is 0 Å². The van der Waals surface area contributed by atoms with Crippen molar-refractivity contribution in [2.75, 3.05) is 0 Å². The van der Waals surface area contributed by atoms with Gasteiger partial charge < -0.3 is 0 Å². The lowest BCUT2D eigenvalue weighted by Gasteiger charge is -2.11. The lowest BCUT2D eigenvalue weighted by Crippen LogP contribution is -2.00. The molecule has 9 rings (SSSR count). The average molecular weight is 644 g/mol. The Morgan fingerprint density at radius 3 is 1.43 bits per heavy atom. The maximum atomic E-state index is 5.06. The highest BCUT2D eigenvalue weighted by Crippen LogP contribution is 2.40. The zero-order chi connectivity index (χ0) is 32.6. The number of aromatic nitrogens is 3. The van der Waals surface area contributed by atoms with E-state index in [-0.39, 0.29) is 0 Å². The highest BCUT2D eigenvalue weighted by molar-refractivity contribution is 7.25. The summed E-state index contributed by atoms with van der Waals surface area (Å²) in [7, 11) is 0. The summed E-state index contributed by atoms with van der Waals surface area (Å²) >= 11 is 1.84. The molecule has 9 aromatic rings. The summed E-state index contributed by atoms with van der Waals surface area (Å²) in [5.74, 6) is 1.93. The third-order valence-corrected chi connectivity index (χ3v) is 10.1. The molecule has 0 unspecified atom stereocenters. The molecule has 0 aliphatic rings. The van der Waals surface area contributed by atoms with Gasteiger partial charge in [0.05, 0.1) is 0 Å². The van der Waals surface area contributed by atoms with Crippen molar-refractivity contribution in [2.45, 2.75) is 0 Å². The van der Waals surface area contributed by atoms with Crippen molar-refractivity contribution < 1.29 is 0 Å². The zero-order valence-electron chi connectivity index (χ0n) is 26.5. The van der Waals surface area contributed by atoms with Crippen LogP contribution in [0.25, 0.3) is 87.7 Å². The van der Waals surface area contributed by atoms with Gasteiger partial charge >= 0.3 is 0 Å². The summed E-state index contributed by atoms with van der Waals surface area (Å²) in [6.45, 7) is 0. The normalized spacial score (nSPS) is 11.3. The van der Waals surface area contributed by atoms with Crippen molar-refractivity contribution in [3.8, 4) is 67.5 Å². The van der Waals surface area contributed by atoms with Crippen LogP contribution in [0.5, 0.6) is 0 Å². The molecule has 0 saturated heterocycles. The van der Waals surface area contributed by atoms with Gasteiger partial charge in [0.15, 0.2) is 17.5 Å². The lowest BCUT2D eigenvalue weighted by molar-refractivity contribution is 1.07. The highest BCUT2D eigenvalue weighted by Gasteiger charge is 2.15. The maximum absolute atomic E-state index is 5.06. The molecule has 4 heteroatoms. The molecule has 0 bridgehead atoms. The molecule has 0 atom stereocenters. The number of fused-ring (bicyclic) bond motifs is 3. The van der Waals surface area contributed by atoms with Crippen molar-refractivity contribution in [1.82, 2.24) is 15.0 Å². The van der Waals surface area contributed by atoms with E-state index in [1.54, 1.807) is 0 Å². The quantitative estimate of drug-likeness (QED) is 0.181. The third-order valence-electron chi connectivity index (χ3n) is 8.97. The molecule has 7 aromatic carbocycles. The minimum atomic E-state index is 0.642. The van der Waals surface area contributed by atoms with E-state index < -0.39 is 0 Å². The smallest absolute Gasteiger partial charge is 0.164 e. The van der Waals surface area contributed by atoms with E-state index in [0.29, 0.717) is 17.5 Å². The first-order chi connectivity index (χ1) is 24.3. The molecule has 0 aliphatic carbocycles. The molecular weight excluding hydrogens is 615 g/mol. The molecule has 0 radical (unpaired) electrons. The van der Waals surface area contributed by atoms with Crippen molar-refractivity contribution in [3.05, 3.63) is 176 Å². The monoisotopic (exact) mass is 643 g/mol. The largest absolute Gasteiger partial charge is 0.208 e. The van der Waals surface area contributed by atoms with Gasteiger partial charge in [-0.3, -0.25) is 0 Å². The Balaban J connectivity index is 1.14. The summed E-state index contributed by atoms with van der Waals surface area (Å²) in [4.78, 5) is 15.1. The summed E-state index contributed by atoms with van der Waals surface area (Å²) in [5.41, 5.74) is 9.82. The van der Waals surface area contributed by atoms with Crippen molar-refractivity contribution >= 4 is 31.5 Å². The van der Waals surface area contributed by atoms with E-state index in [9.17, 15) is 0 Å². The Hall–Kier alpha value is -6.23. The van der Waals surface area contributed by atoms with E-state index in [1.807, 2.05) is 23.5 Å². The fraction of sp³-hybridized carbons (Fsp3) is 0. The second-order valence-electron chi connectivity index (χ2n) is 12.1. The fourth-order valence-corrected chi connectivity index (χ4v) is 7.62. The van der Waals surface area contributed by atoms with Gasteiger partial charge in [0.1, 0.15) is 0 Å². The number of hydrogen-bond acceptors (Lipinski definition) is 4. The Kier molecular flexibility index (Phi) is 7.34. The van der Waals surface area contributed by atoms with E-state index in [2.05, 4.69) is 164 Å². The van der Waals surface area contributed by atoms with Crippen molar-refractivity contribution in [3.63, 3.8) is 0 Å². The molecule has 2 heterocycles. The SMILES string of the molecule is c1ccc(-c2ccc(-c3nc(-c4ccc(-c5cccc6sc7ccccc7c56)cc4)nc(-c4cccc(-c5ccccc5)c4)n3)cc2)cc1. The summed E-state index contributed by atoms with van der Waals surface area (Å²) in [6, 6.07) is 61.6. The first-order valence-corrected chi connectivity index (χ1v) is 17.2. The third kappa shape index (κ3) is 5.58. The van der Waals surface area contributed by atoms with Crippen LogP contribution in [0.15, 0.2) is 176 Å². The summed E-state index contributed by atoms with van der Waals surface area (Å²) in [5, 5.41) is 2.60. The molecule has 230 valence electrons. The molecule has 0 aliphatic heterocycles. The van der Waals surface area contributed by atoms with Crippen LogP contribution in [0, 0.1) is 0 Å². The van der Waals surface area contributed by atoms with Crippen LogP contribution in [0.2, 0.25) is 0 Å². The second kappa shape index (κ2) is 12.4. The van der Waals surface area contributed by atoms with Crippen LogP contribution in [0.3, 0.4) is 0 Å². The molecule has 0 saturated carbocycles. The standard InChI is InChI=1S/C45H29N3S/c1-3-11-30(12-4-1)32-21-25-34(26-22-32)43-46-44(48-45(47-43)37-16-9-15-36(29-37)31-13-5-2-6-14-31)35-27-23-33(24-28-35)38-18-10-20-41-42(38)39-17-7-8-19-40(39)49-41/h1-29H. The zero-order valence-corrected chi connectivity index (χ0v) is 27.3. The number of benzene rings is 7. The van der Waals surface area contributed by atoms with Crippen LogP contribution in [0.1, 0.15) is 0 Å². The maximum Gasteiger partial charge on any atom is 0.164 e. The van der Waals surface area contributed by atoms with E-state index in [1.165, 1.54) is 36.9 Å². The van der Waals surface area contributed by atoms with Gasteiger partial charge in [-0.05, 0) is 51.6 Å². The molecule has 0 fully saturated rings. The Bertz CT molecular complexity index is 2570. The molecule has 0 amide bonds. The van der Waals surface area contributed by atoms with Gasteiger partial charge in [-0.1, -0.05) is 158 Å². The average Bonchev–Trinajstić information content (AvgIpc) is 3.58. The molecule has 3 nitrogen and oxygen atoms in total. The number of nitrogens with zero attached hydrogens (tertiary/aromatic N) is 3. The van der Waals surface area contributed by atoms with Crippen molar-refractivity contribution in [2.24, 2.45) is 0 Å². The summed E-state index contributed by atoms with van der Waals surface area (Å²) < 4.78 is 2.60. The number of thiophene rings is 1. The topological polar surface area (TPSA) is 38.7 Å². The van der Waals surface area contributed by atoms with E-state index >= 15 is 0 Å². The first-order valence-electron chi connectivity index (χ1n) is 16.4. The van der Waals surface area contributed by atoms with Crippen LogP contribution in [0.4, 0.5) is 0 Å². The van der Waals surface area contributed by atoms with Gasteiger partial charge in [0, 0.05) is 36.9 Å². The molecule has 0 spiro atoms. The Morgan fingerprint density at radius 1 is 0.306 bits per heavy atom. The number of hydrogen-bond donors (Lipinski definition) is 0. The molecule has 49 heavy (non-hydrogen) atoms. The van der Waals surface area contributed by atoms with Gasteiger partial charge in [-0.15, -0.1) is 11.3 Å². The fourth-order valence-electron chi connectivity index (χ4n) is 6.49. The molecule has 2 aromatic heterocycles. The Morgan fingerprint density at radius 2 is 0.755 bits per heavy atom. The van der Waals surface area contributed by atoms with Crippen LogP contribution < -0.4 is 0 Å². The van der Waals surface area contributed by atoms with E-state index in [0.717, 1.165) is 33.4 Å². The van der Waals surface area contributed by atoms with Gasteiger partial charge in [-0.25, -0.2) is 15.0 Å². The number of rotatable bonds is 6. The molecular formula is C45H29N3S. The minimum Gasteiger partial charge on any atom is -0.208 e. The van der Waals surface area contributed by atoms with Crippen LogP contribution >= 0.6 is 11.3 Å². The minimum absolute atomic E-state index is 0.642. The second-order valence-corrected chi connectivity index (χ2v) is 13.1. The van der Waals surface area contributed by atoms with Gasteiger partial charge in [0.25, 0.3) is 0 Å². The van der Waals surface area contributed by atoms with Gasteiger partial charge in [0.2, 0.25) is 0 Å². The molecule has 0 N–H and O–H groups in total. The summed E-state index contributed by atoms with van der Waals surface area (Å²) in [6.07, 6.45) is 0.